The molecule has 24 heavy (non-hydrogen) atoms. The van der Waals surface area contributed by atoms with Gasteiger partial charge in [0.1, 0.15) is 10.7 Å². The summed E-state index contributed by atoms with van der Waals surface area (Å²) in [6, 6.07) is 0. The van der Waals surface area contributed by atoms with E-state index < -0.39 is 0 Å². The van der Waals surface area contributed by atoms with Crippen LogP contribution in [0.2, 0.25) is 0 Å². The van der Waals surface area contributed by atoms with Crippen molar-refractivity contribution >= 4 is 56.4 Å². The molecule has 0 aliphatic rings. The molecule has 3 aromatic heterocycles. The van der Waals surface area contributed by atoms with Crippen LogP contribution >= 0.6 is 46.2 Å². The molecule has 0 radical (unpaired) electrons. The molecule has 3 aromatic rings. The lowest BCUT2D eigenvalue weighted by Crippen LogP contribution is -2.12. The second-order valence-electron chi connectivity index (χ2n) is 5.36. The number of aromatic nitrogens is 4. The maximum Gasteiger partial charge on any atom is 0.259 e. The minimum Gasteiger partial charge on any atom is -0.309 e. The molecular formula is C15H18N4OS4. The van der Waals surface area contributed by atoms with Crippen molar-refractivity contribution in [1.29, 1.82) is 0 Å². The highest BCUT2D eigenvalue weighted by atomic mass is 32.2. The molecular weight excluding hydrogens is 380 g/mol. The maximum atomic E-state index is 12.4. The van der Waals surface area contributed by atoms with E-state index in [-0.39, 0.29) is 10.8 Å². The van der Waals surface area contributed by atoms with Gasteiger partial charge in [-0.2, -0.15) is 0 Å². The minimum atomic E-state index is -0.0549. The van der Waals surface area contributed by atoms with E-state index >= 15 is 0 Å². The Morgan fingerprint density at radius 1 is 1.21 bits per heavy atom. The number of thioether (sulfide) groups is 2. The van der Waals surface area contributed by atoms with Crippen LogP contribution in [0.15, 0.2) is 13.5 Å². The quantitative estimate of drug-likeness (QED) is 0.601. The Hall–Kier alpha value is -0.900. The predicted molar refractivity (Wildman–Crippen MR) is 105 cm³/mol. The van der Waals surface area contributed by atoms with Crippen LogP contribution < -0.4 is 5.56 Å². The molecule has 0 amide bonds. The van der Waals surface area contributed by atoms with Crippen LogP contribution in [0.1, 0.15) is 41.8 Å². The summed E-state index contributed by atoms with van der Waals surface area (Å²) in [6.07, 6.45) is 1.12. The Balaban J connectivity index is 1.82. The van der Waals surface area contributed by atoms with Crippen molar-refractivity contribution in [3.05, 3.63) is 26.6 Å². The third kappa shape index (κ3) is 3.68. The van der Waals surface area contributed by atoms with Crippen LogP contribution in [-0.4, -0.2) is 25.9 Å². The van der Waals surface area contributed by atoms with Crippen molar-refractivity contribution in [3.8, 4) is 0 Å². The summed E-state index contributed by atoms with van der Waals surface area (Å²) >= 11 is 6.49. The van der Waals surface area contributed by atoms with Gasteiger partial charge in [-0.05, 0) is 32.8 Å². The average Bonchev–Trinajstić information content (AvgIpc) is 3.10. The number of nitrogens with one attached hydrogen (secondary N) is 1. The summed E-state index contributed by atoms with van der Waals surface area (Å²) in [7, 11) is 0. The molecule has 3 rings (SSSR count). The number of H-pyrrole nitrogens is 1. The summed E-state index contributed by atoms with van der Waals surface area (Å²) in [5, 5.41) is 9.17. The fourth-order valence-electron chi connectivity index (χ4n) is 2.16. The zero-order chi connectivity index (χ0) is 17.3. The lowest BCUT2D eigenvalue weighted by molar-refractivity contribution is 0.912. The third-order valence-corrected chi connectivity index (χ3v) is 8.09. The lowest BCUT2D eigenvalue weighted by Gasteiger charge is -2.07. The topological polar surface area (TPSA) is 71.5 Å². The summed E-state index contributed by atoms with van der Waals surface area (Å²) in [6.45, 7) is 8.18. The van der Waals surface area contributed by atoms with Gasteiger partial charge in [-0.3, -0.25) is 4.79 Å². The molecule has 0 fully saturated rings. The molecule has 3 heterocycles. The van der Waals surface area contributed by atoms with Crippen LogP contribution in [0.4, 0.5) is 0 Å². The fraction of sp³-hybridized carbons (Fsp3) is 0.467. The SMILES string of the molecule is CCCSc1nnc(S[C@@H](C)c2nc3sc(C)c(C)c3c(=O)[nH]2)s1. The highest BCUT2D eigenvalue weighted by molar-refractivity contribution is 8.03. The lowest BCUT2D eigenvalue weighted by atomic mass is 10.2. The summed E-state index contributed by atoms with van der Waals surface area (Å²) in [4.78, 5) is 21.9. The Bertz CT molecular complexity index is 914. The smallest absolute Gasteiger partial charge is 0.259 e. The van der Waals surface area contributed by atoms with Gasteiger partial charge >= 0.3 is 0 Å². The first-order valence-electron chi connectivity index (χ1n) is 7.62. The summed E-state index contributed by atoms with van der Waals surface area (Å²) < 4.78 is 1.90. The summed E-state index contributed by atoms with van der Waals surface area (Å²) in [5.74, 6) is 1.74. The number of aryl methyl sites for hydroxylation is 2. The first-order valence-corrected chi connectivity index (χ1v) is 11.1. The Morgan fingerprint density at radius 2 is 1.96 bits per heavy atom. The predicted octanol–water partition coefficient (Wildman–Crippen LogP) is 4.81. The molecule has 1 atom stereocenters. The monoisotopic (exact) mass is 398 g/mol. The highest BCUT2D eigenvalue weighted by Crippen LogP contribution is 2.37. The first-order chi connectivity index (χ1) is 11.5. The standard InChI is InChI=1S/C15H18N4OS4/c1-5-6-21-14-18-19-15(24-14)23-9(4)11-16-12(20)10-7(2)8(3)22-13(10)17-11/h9H,5-6H2,1-4H3,(H,16,17,20)/t9-/m0/s1. The van der Waals surface area contributed by atoms with Gasteiger partial charge in [-0.15, -0.1) is 21.5 Å². The molecule has 0 aromatic carbocycles. The van der Waals surface area contributed by atoms with Gasteiger partial charge in [-0.25, -0.2) is 4.98 Å². The molecule has 128 valence electrons. The van der Waals surface area contributed by atoms with Crippen LogP contribution in [-0.2, 0) is 0 Å². The van der Waals surface area contributed by atoms with Gasteiger partial charge in [-0.1, -0.05) is 41.8 Å². The van der Waals surface area contributed by atoms with E-state index in [2.05, 4.69) is 27.1 Å². The van der Waals surface area contributed by atoms with E-state index in [4.69, 9.17) is 0 Å². The zero-order valence-electron chi connectivity index (χ0n) is 13.9. The molecule has 5 nitrogen and oxygen atoms in total. The van der Waals surface area contributed by atoms with Crippen LogP contribution in [0, 0.1) is 13.8 Å². The number of hydrogen-bond acceptors (Lipinski definition) is 8. The maximum absolute atomic E-state index is 12.4. The van der Waals surface area contributed by atoms with E-state index in [1.54, 1.807) is 46.2 Å². The number of rotatable bonds is 6. The second-order valence-corrected chi connectivity index (χ2v) is 10.5. The van der Waals surface area contributed by atoms with Crippen molar-refractivity contribution in [2.24, 2.45) is 0 Å². The number of aromatic amines is 1. The van der Waals surface area contributed by atoms with Crippen molar-refractivity contribution in [1.82, 2.24) is 20.2 Å². The van der Waals surface area contributed by atoms with Crippen molar-refractivity contribution < 1.29 is 0 Å². The first kappa shape index (κ1) is 17.9. The van der Waals surface area contributed by atoms with Gasteiger partial charge in [0.25, 0.3) is 5.56 Å². The van der Waals surface area contributed by atoms with Gasteiger partial charge in [0.05, 0.1) is 10.6 Å². The molecule has 0 aliphatic heterocycles. The Morgan fingerprint density at radius 3 is 2.71 bits per heavy atom. The van der Waals surface area contributed by atoms with Crippen LogP contribution in [0.25, 0.3) is 10.2 Å². The van der Waals surface area contributed by atoms with Gasteiger partial charge in [0, 0.05) is 10.6 Å². The largest absolute Gasteiger partial charge is 0.309 e. The molecule has 0 unspecified atom stereocenters. The average molecular weight is 399 g/mol. The number of hydrogen-bond donors (Lipinski definition) is 1. The van der Waals surface area contributed by atoms with E-state index in [1.807, 2.05) is 20.8 Å². The molecule has 0 aliphatic carbocycles. The molecule has 1 N–H and O–H groups in total. The van der Waals surface area contributed by atoms with E-state index in [0.717, 1.165) is 36.1 Å². The van der Waals surface area contributed by atoms with E-state index in [9.17, 15) is 4.79 Å². The van der Waals surface area contributed by atoms with Gasteiger partial charge in [0.2, 0.25) is 0 Å². The van der Waals surface area contributed by atoms with Crippen molar-refractivity contribution in [2.75, 3.05) is 5.75 Å². The van der Waals surface area contributed by atoms with E-state index in [0.29, 0.717) is 11.2 Å². The minimum absolute atomic E-state index is 0.0155. The van der Waals surface area contributed by atoms with Crippen LogP contribution in [0.5, 0.6) is 0 Å². The van der Waals surface area contributed by atoms with Gasteiger partial charge < -0.3 is 4.98 Å². The molecule has 0 saturated carbocycles. The summed E-state index contributed by atoms with van der Waals surface area (Å²) in [5.41, 5.74) is 0.970. The van der Waals surface area contributed by atoms with Crippen molar-refractivity contribution in [2.45, 2.75) is 48.0 Å². The Labute approximate surface area is 156 Å². The van der Waals surface area contributed by atoms with E-state index in [1.165, 1.54) is 0 Å². The normalized spacial score (nSPS) is 12.8. The molecule has 0 bridgehead atoms. The molecule has 0 saturated heterocycles. The molecule has 0 spiro atoms. The Kier molecular flexibility index (Phi) is 5.63. The number of nitrogens with zero attached hydrogens (tertiary/aromatic N) is 3. The number of thiophene rings is 1. The molecule has 9 heteroatoms. The fourth-order valence-corrected chi connectivity index (χ4v) is 6.35. The third-order valence-electron chi connectivity index (χ3n) is 3.54. The van der Waals surface area contributed by atoms with Gasteiger partial charge in [0.15, 0.2) is 8.68 Å². The second kappa shape index (κ2) is 7.55. The van der Waals surface area contributed by atoms with Crippen molar-refractivity contribution in [3.63, 3.8) is 0 Å². The van der Waals surface area contributed by atoms with Crippen LogP contribution in [0.3, 0.4) is 0 Å². The highest BCUT2D eigenvalue weighted by Gasteiger charge is 2.17. The number of fused-ring (bicyclic) bond motifs is 1. The zero-order valence-corrected chi connectivity index (χ0v) is 17.1.